The van der Waals surface area contributed by atoms with Crippen LogP contribution in [0.5, 0.6) is 0 Å². The highest BCUT2D eigenvalue weighted by molar-refractivity contribution is 5.84. The molecule has 0 aromatic carbocycles. The summed E-state index contributed by atoms with van der Waals surface area (Å²) in [6.07, 6.45) is 7.63. The van der Waals surface area contributed by atoms with Crippen molar-refractivity contribution in [1.82, 2.24) is 25.7 Å². The number of hydrogen-bond acceptors (Lipinski definition) is 4. The summed E-state index contributed by atoms with van der Waals surface area (Å²) < 4.78 is 1.85. The second kappa shape index (κ2) is 6.61. The smallest absolute Gasteiger partial charge is 0.248 e. The summed E-state index contributed by atoms with van der Waals surface area (Å²) in [5.41, 5.74) is -0.327. The van der Waals surface area contributed by atoms with E-state index in [1.54, 1.807) is 6.20 Å². The molecule has 3 N–H and O–H groups in total. The number of amides is 1. The molecule has 3 rings (SSSR count). The molecule has 2 fully saturated rings. The van der Waals surface area contributed by atoms with Crippen LogP contribution < -0.4 is 16.0 Å². The van der Waals surface area contributed by atoms with Gasteiger partial charge in [0.1, 0.15) is 5.54 Å². The zero-order valence-electron chi connectivity index (χ0n) is 14.3. The van der Waals surface area contributed by atoms with Crippen molar-refractivity contribution >= 4 is 5.91 Å². The van der Waals surface area contributed by atoms with E-state index >= 15 is 0 Å². The minimum Gasteiger partial charge on any atom is -0.352 e. The Hall–Kier alpha value is -1.40. The second-order valence-electron chi connectivity index (χ2n) is 7.54. The van der Waals surface area contributed by atoms with Crippen LogP contribution >= 0.6 is 0 Å². The fraction of sp³-hybridized carbons (Fsp3) is 0.765. The van der Waals surface area contributed by atoms with Crippen LogP contribution in [0.15, 0.2) is 18.5 Å². The molecular formula is C17H29N5O. The van der Waals surface area contributed by atoms with Crippen molar-refractivity contribution < 1.29 is 4.79 Å². The molecule has 0 saturated carbocycles. The number of rotatable bonds is 4. The van der Waals surface area contributed by atoms with Gasteiger partial charge >= 0.3 is 0 Å². The average Bonchev–Trinajstić information content (AvgIpc) is 3.09. The molecule has 1 aromatic rings. The lowest BCUT2D eigenvalue weighted by Gasteiger charge is -2.41. The molecule has 3 heterocycles. The molecule has 1 amide bonds. The van der Waals surface area contributed by atoms with E-state index < -0.39 is 5.54 Å². The lowest BCUT2D eigenvalue weighted by molar-refractivity contribution is -0.132. The Morgan fingerprint density at radius 1 is 1.30 bits per heavy atom. The van der Waals surface area contributed by atoms with Crippen molar-refractivity contribution in [3.05, 3.63) is 18.5 Å². The monoisotopic (exact) mass is 319 g/mol. The average molecular weight is 319 g/mol. The van der Waals surface area contributed by atoms with Crippen LogP contribution in [0.4, 0.5) is 0 Å². The summed E-state index contributed by atoms with van der Waals surface area (Å²) in [6, 6.07) is 2.22. The highest BCUT2D eigenvalue weighted by Gasteiger charge is 2.42. The second-order valence-corrected chi connectivity index (χ2v) is 7.54. The van der Waals surface area contributed by atoms with Crippen molar-refractivity contribution in [1.29, 1.82) is 0 Å². The Kier molecular flexibility index (Phi) is 4.73. The molecule has 2 saturated heterocycles. The van der Waals surface area contributed by atoms with Gasteiger partial charge in [0.2, 0.25) is 5.91 Å². The normalized spacial score (nSPS) is 26.6. The predicted molar refractivity (Wildman–Crippen MR) is 90.1 cm³/mol. The van der Waals surface area contributed by atoms with Gasteiger partial charge in [0.05, 0.1) is 0 Å². The number of hydrogen-bond donors (Lipinski definition) is 3. The van der Waals surface area contributed by atoms with Gasteiger partial charge in [-0.15, -0.1) is 0 Å². The molecule has 0 bridgehead atoms. The van der Waals surface area contributed by atoms with Crippen LogP contribution in [0.3, 0.4) is 0 Å². The number of carbonyl (C=O) groups excluding carboxylic acids is 1. The summed E-state index contributed by atoms with van der Waals surface area (Å²) in [4.78, 5) is 13.0. The first kappa shape index (κ1) is 16.5. The Labute approximate surface area is 138 Å². The number of nitrogens with zero attached hydrogens (tertiary/aromatic N) is 2. The van der Waals surface area contributed by atoms with E-state index in [0.29, 0.717) is 12.6 Å². The Morgan fingerprint density at radius 3 is 2.74 bits per heavy atom. The summed E-state index contributed by atoms with van der Waals surface area (Å²) >= 11 is 0. The van der Waals surface area contributed by atoms with Gasteiger partial charge in [0.25, 0.3) is 0 Å². The maximum atomic E-state index is 13.0. The number of carbonyl (C=O) groups is 1. The highest BCUT2D eigenvalue weighted by Crippen LogP contribution is 2.31. The Balaban J connectivity index is 1.70. The van der Waals surface area contributed by atoms with Crippen LogP contribution in [0, 0.1) is 5.41 Å². The minimum atomic E-state index is -0.548. The number of piperidine rings is 2. The third kappa shape index (κ3) is 3.28. The van der Waals surface area contributed by atoms with Crippen molar-refractivity contribution in [2.24, 2.45) is 5.41 Å². The zero-order chi connectivity index (χ0) is 16.3. The lowest BCUT2D eigenvalue weighted by Crippen LogP contribution is -2.58. The van der Waals surface area contributed by atoms with Gasteiger partial charge in [-0.3, -0.25) is 9.48 Å². The standard InChI is InChI=1S/C17H29N5O/c1-16(2)5-3-8-19-14(16)13-20-15(23)17(6-10-18-11-7-17)22-12-4-9-21-22/h4,9,12,14,18-19H,3,5-8,10-11,13H2,1-2H3,(H,20,23). The topological polar surface area (TPSA) is 71.0 Å². The SMILES string of the molecule is CC1(C)CCCNC1CNC(=O)C1(n2cccn2)CCNCC1. The molecule has 2 aliphatic heterocycles. The first-order valence-electron chi connectivity index (χ1n) is 8.77. The molecule has 1 atom stereocenters. The quantitative estimate of drug-likeness (QED) is 0.770. The van der Waals surface area contributed by atoms with Gasteiger partial charge in [-0.05, 0) is 56.8 Å². The lowest BCUT2D eigenvalue weighted by atomic mass is 9.77. The van der Waals surface area contributed by atoms with Crippen LogP contribution in [-0.2, 0) is 10.3 Å². The highest BCUT2D eigenvalue weighted by atomic mass is 16.2. The minimum absolute atomic E-state index is 0.103. The van der Waals surface area contributed by atoms with Crippen LogP contribution in [0.2, 0.25) is 0 Å². The van der Waals surface area contributed by atoms with E-state index in [0.717, 1.165) is 32.5 Å². The molecule has 2 aliphatic rings. The van der Waals surface area contributed by atoms with E-state index in [-0.39, 0.29) is 11.3 Å². The van der Waals surface area contributed by atoms with E-state index in [2.05, 4.69) is 34.9 Å². The van der Waals surface area contributed by atoms with Gasteiger partial charge in [0, 0.05) is 25.0 Å². The van der Waals surface area contributed by atoms with E-state index in [1.807, 2.05) is 16.9 Å². The fourth-order valence-electron chi connectivity index (χ4n) is 3.90. The molecular weight excluding hydrogens is 290 g/mol. The molecule has 23 heavy (non-hydrogen) atoms. The van der Waals surface area contributed by atoms with Gasteiger partial charge in [-0.25, -0.2) is 0 Å². The molecule has 0 aliphatic carbocycles. The molecule has 6 nitrogen and oxygen atoms in total. The van der Waals surface area contributed by atoms with E-state index in [1.165, 1.54) is 12.8 Å². The number of aromatic nitrogens is 2. The molecule has 0 spiro atoms. The predicted octanol–water partition coefficient (Wildman–Crippen LogP) is 0.856. The van der Waals surface area contributed by atoms with Crippen LogP contribution in [0.25, 0.3) is 0 Å². The molecule has 128 valence electrons. The number of nitrogens with one attached hydrogen (secondary N) is 3. The molecule has 1 unspecified atom stereocenters. The fourth-order valence-corrected chi connectivity index (χ4v) is 3.90. The summed E-state index contributed by atoms with van der Waals surface area (Å²) in [5, 5.41) is 14.5. The summed E-state index contributed by atoms with van der Waals surface area (Å²) in [5.74, 6) is 0.103. The molecule has 1 aromatic heterocycles. The van der Waals surface area contributed by atoms with E-state index in [9.17, 15) is 4.79 Å². The molecule has 0 radical (unpaired) electrons. The summed E-state index contributed by atoms with van der Waals surface area (Å²) in [6.45, 7) is 7.98. The Bertz CT molecular complexity index is 519. The van der Waals surface area contributed by atoms with Crippen molar-refractivity contribution in [3.8, 4) is 0 Å². The van der Waals surface area contributed by atoms with Crippen molar-refractivity contribution in [3.63, 3.8) is 0 Å². The third-order valence-corrected chi connectivity index (χ3v) is 5.60. The summed E-state index contributed by atoms with van der Waals surface area (Å²) in [7, 11) is 0. The van der Waals surface area contributed by atoms with Crippen molar-refractivity contribution in [2.45, 2.75) is 51.1 Å². The largest absolute Gasteiger partial charge is 0.352 e. The van der Waals surface area contributed by atoms with E-state index in [4.69, 9.17) is 0 Å². The van der Waals surface area contributed by atoms with Gasteiger partial charge in [-0.2, -0.15) is 5.10 Å². The first-order valence-corrected chi connectivity index (χ1v) is 8.77. The molecule has 6 heteroatoms. The Morgan fingerprint density at radius 2 is 2.09 bits per heavy atom. The third-order valence-electron chi connectivity index (χ3n) is 5.60. The van der Waals surface area contributed by atoms with Crippen LogP contribution in [-0.4, -0.2) is 47.9 Å². The zero-order valence-corrected chi connectivity index (χ0v) is 14.3. The van der Waals surface area contributed by atoms with Gasteiger partial charge < -0.3 is 16.0 Å². The van der Waals surface area contributed by atoms with Crippen molar-refractivity contribution in [2.75, 3.05) is 26.2 Å². The van der Waals surface area contributed by atoms with Gasteiger partial charge in [-0.1, -0.05) is 13.8 Å². The van der Waals surface area contributed by atoms with Gasteiger partial charge in [0.15, 0.2) is 0 Å². The maximum Gasteiger partial charge on any atom is 0.248 e. The van der Waals surface area contributed by atoms with Crippen LogP contribution in [0.1, 0.15) is 39.5 Å². The maximum absolute atomic E-state index is 13.0. The first-order chi connectivity index (χ1) is 11.0.